The molecule has 3 nitrogen and oxygen atoms in total. The molecule has 82 valence electrons. The highest BCUT2D eigenvalue weighted by atomic mass is 127. The van der Waals surface area contributed by atoms with Crippen molar-refractivity contribution in [2.75, 3.05) is 5.75 Å². The molecule has 15 heavy (non-hydrogen) atoms. The molecule has 0 aromatic carbocycles. The lowest BCUT2D eigenvalue weighted by molar-refractivity contribution is -0.134. The maximum absolute atomic E-state index is 11.1. The highest BCUT2D eigenvalue weighted by Gasteiger charge is 2.09. The number of thioether (sulfide) groups is 1. The molecule has 0 aliphatic carbocycles. The first-order valence-corrected chi connectivity index (χ1v) is 6.72. The Morgan fingerprint density at radius 1 is 1.60 bits per heavy atom. The molecule has 0 aliphatic heterocycles. The van der Waals surface area contributed by atoms with Crippen molar-refractivity contribution in [2.24, 2.45) is 0 Å². The number of halogens is 1. The van der Waals surface area contributed by atoms with Crippen LogP contribution in [0.1, 0.15) is 20.3 Å². The monoisotopic (exact) mass is 337 g/mol. The van der Waals surface area contributed by atoms with Crippen molar-refractivity contribution in [3.63, 3.8) is 0 Å². The van der Waals surface area contributed by atoms with Crippen LogP contribution in [-0.2, 0) is 4.79 Å². The number of esters is 1. The largest absolute Gasteiger partial charge is 0.406 e. The Morgan fingerprint density at radius 2 is 2.33 bits per heavy atom. The summed E-state index contributed by atoms with van der Waals surface area (Å²) in [5.41, 5.74) is 0. The minimum absolute atomic E-state index is 0.248. The maximum Gasteiger partial charge on any atom is 0.312 e. The second kappa shape index (κ2) is 6.32. The van der Waals surface area contributed by atoms with Crippen LogP contribution in [0.3, 0.4) is 0 Å². The number of nitrogens with zero attached hydrogens (tertiary/aromatic N) is 1. The summed E-state index contributed by atoms with van der Waals surface area (Å²) in [5.74, 6) is 1.11. The van der Waals surface area contributed by atoms with Gasteiger partial charge < -0.3 is 4.74 Å². The molecule has 0 unspecified atom stereocenters. The summed E-state index contributed by atoms with van der Waals surface area (Å²) >= 11 is 3.81. The van der Waals surface area contributed by atoms with Gasteiger partial charge in [-0.2, -0.15) is 0 Å². The van der Waals surface area contributed by atoms with E-state index in [1.54, 1.807) is 24.9 Å². The van der Waals surface area contributed by atoms with Gasteiger partial charge in [0.25, 0.3) is 0 Å². The molecule has 0 aliphatic rings. The SMILES string of the molecule is CCSc1cc(I)cnc1OC(=O)CC. The highest BCUT2D eigenvalue weighted by molar-refractivity contribution is 14.1. The Balaban J connectivity index is 2.89. The van der Waals surface area contributed by atoms with Gasteiger partial charge in [0, 0.05) is 16.2 Å². The predicted octanol–water partition coefficient (Wildman–Crippen LogP) is 3.11. The molecule has 1 aromatic heterocycles. The van der Waals surface area contributed by atoms with Gasteiger partial charge in [0.05, 0.1) is 4.90 Å². The number of carbonyl (C=O) groups is 1. The Bertz CT molecular complexity index is 357. The van der Waals surface area contributed by atoms with Crippen molar-refractivity contribution in [3.8, 4) is 5.88 Å². The second-order valence-electron chi connectivity index (χ2n) is 2.72. The van der Waals surface area contributed by atoms with E-state index in [1.807, 2.05) is 6.07 Å². The molecule has 5 heteroatoms. The number of carbonyl (C=O) groups excluding carboxylic acids is 1. The van der Waals surface area contributed by atoms with Crippen LogP contribution in [0.5, 0.6) is 5.88 Å². The zero-order valence-electron chi connectivity index (χ0n) is 8.62. The number of aromatic nitrogens is 1. The average Bonchev–Trinajstić information content (AvgIpc) is 2.22. The third-order valence-electron chi connectivity index (χ3n) is 1.58. The first-order valence-electron chi connectivity index (χ1n) is 4.66. The van der Waals surface area contributed by atoms with Crippen LogP contribution >= 0.6 is 34.4 Å². The molecule has 0 spiro atoms. The van der Waals surface area contributed by atoms with Crippen LogP contribution in [-0.4, -0.2) is 16.7 Å². The van der Waals surface area contributed by atoms with E-state index in [1.165, 1.54) is 0 Å². The van der Waals surface area contributed by atoms with Crippen molar-refractivity contribution in [1.82, 2.24) is 4.98 Å². The topological polar surface area (TPSA) is 39.2 Å². The van der Waals surface area contributed by atoms with Gasteiger partial charge in [-0.1, -0.05) is 13.8 Å². The summed E-state index contributed by atoms with van der Waals surface area (Å²) in [7, 11) is 0. The normalized spacial score (nSPS) is 10.1. The van der Waals surface area contributed by atoms with Gasteiger partial charge in [0.1, 0.15) is 0 Å². The van der Waals surface area contributed by atoms with Crippen molar-refractivity contribution >= 4 is 40.3 Å². The summed E-state index contributed by atoms with van der Waals surface area (Å²) in [5, 5.41) is 0. The first kappa shape index (κ1) is 12.8. The van der Waals surface area contributed by atoms with E-state index in [0.717, 1.165) is 14.2 Å². The van der Waals surface area contributed by atoms with E-state index in [-0.39, 0.29) is 5.97 Å². The summed E-state index contributed by atoms with van der Waals surface area (Å²) in [6.07, 6.45) is 2.06. The fourth-order valence-electron chi connectivity index (χ4n) is 0.924. The maximum atomic E-state index is 11.1. The predicted molar refractivity (Wildman–Crippen MR) is 69.3 cm³/mol. The van der Waals surface area contributed by atoms with Crippen molar-refractivity contribution in [2.45, 2.75) is 25.2 Å². The molecular formula is C10H12INO2S. The minimum atomic E-state index is -0.248. The number of hydrogen-bond acceptors (Lipinski definition) is 4. The number of ether oxygens (including phenoxy) is 1. The molecule has 1 heterocycles. The lowest BCUT2D eigenvalue weighted by atomic mass is 10.5. The van der Waals surface area contributed by atoms with E-state index in [0.29, 0.717) is 12.3 Å². The van der Waals surface area contributed by atoms with Gasteiger partial charge in [-0.3, -0.25) is 4.79 Å². The number of rotatable bonds is 4. The molecule has 0 atom stereocenters. The van der Waals surface area contributed by atoms with E-state index >= 15 is 0 Å². The van der Waals surface area contributed by atoms with Crippen molar-refractivity contribution in [1.29, 1.82) is 0 Å². The third-order valence-corrected chi connectivity index (χ3v) is 3.07. The van der Waals surface area contributed by atoms with Crippen LogP contribution in [0.25, 0.3) is 0 Å². The minimum Gasteiger partial charge on any atom is -0.406 e. The fourth-order valence-corrected chi connectivity index (χ4v) is 2.32. The van der Waals surface area contributed by atoms with Gasteiger partial charge in [-0.25, -0.2) is 4.98 Å². The molecule has 0 saturated carbocycles. The Labute approximate surface area is 107 Å². The lowest BCUT2D eigenvalue weighted by Gasteiger charge is -2.07. The fraction of sp³-hybridized carbons (Fsp3) is 0.400. The molecular weight excluding hydrogens is 325 g/mol. The first-order chi connectivity index (χ1) is 7.17. The van der Waals surface area contributed by atoms with Gasteiger partial charge in [-0.15, -0.1) is 11.8 Å². The van der Waals surface area contributed by atoms with Gasteiger partial charge >= 0.3 is 5.97 Å². The summed E-state index contributed by atoms with van der Waals surface area (Å²) in [4.78, 5) is 16.2. The van der Waals surface area contributed by atoms with Crippen LogP contribution in [0.2, 0.25) is 0 Å². The molecule has 0 N–H and O–H groups in total. The highest BCUT2D eigenvalue weighted by Crippen LogP contribution is 2.28. The Kier molecular flexibility index (Phi) is 5.38. The molecule has 0 radical (unpaired) electrons. The van der Waals surface area contributed by atoms with Gasteiger partial charge in [0.2, 0.25) is 5.88 Å². The zero-order chi connectivity index (χ0) is 11.3. The molecule has 1 aromatic rings. The van der Waals surface area contributed by atoms with Crippen molar-refractivity contribution < 1.29 is 9.53 Å². The van der Waals surface area contributed by atoms with Crippen LogP contribution in [0.4, 0.5) is 0 Å². The number of hydrogen-bond donors (Lipinski definition) is 0. The van der Waals surface area contributed by atoms with E-state index < -0.39 is 0 Å². The second-order valence-corrected chi connectivity index (χ2v) is 5.27. The van der Waals surface area contributed by atoms with E-state index in [9.17, 15) is 4.79 Å². The average molecular weight is 337 g/mol. The zero-order valence-corrected chi connectivity index (χ0v) is 11.6. The third kappa shape index (κ3) is 3.98. The smallest absolute Gasteiger partial charge is 0.312 e. The van der Waals surface area contributed by atoms with Crippen LogP contribution in [0.15, 0.2) is 17.2 Å². The van der Waals surface area contributed by atoms with E-state index in [4.69, 9.17) is 4.74 Å². The van der Waals surface area contributed by atoms with Crippen LogP contribution in [0, 0.1) is 3.57 Å². The summed E-state index contributed by atoms with van der Waals surface area (Å²) in [6.45, 7) is 3.82. The molecule has 0 bridgehead atoms. The summed E-state index contributed by atoms with van der Waals surface area (Å²) < 4.78 is 6.17. The number of pyridine rings is 1. The molecule has 0 saturated heterocycles. The standard InChI is InChI=1S/C10H12INO2S/c1-3-9(13)14-10-8(15-4-2)5-7(11)6-12-10/h5-6H,3-4H2,1-2H3. The summed E-state index contributed by atoms with van der Waals surface area (Å²) in [6, 6.07) is 1.97. The molecule has 0 amide bonds. The Hall–Kier alpha value is -0.300. The van der Waals surface area contributed by atoms with Gasteiger partial charge in [0.15, 0.2) is 0 Å². The lowest BCUT2D eigenvalue weighted by Crippen LogP contribution is -2.07. The Morgan fingerprint density at radius 3 is 2.93 bits per heavy atom. The molecule has 1 rings (SSSR count). The van der Waals surface area contributed by atoms with Crippen molar-refractivity contribution in [3.05, 3.63) is 15.8 Å². The quantitative estimate of drug-likeness (QED) is 0.481. The van der Waals surface area contributed by atoms with E-state index in [2.05, 4.69) is 34.5 Å². The van der Waals surface area contributed by atoms with Gasteiger partial charge in [-0.05, 0) is 34.4 Å². The van der Waals surface area contributed by atoms with Crippen LogP contribution < -0.4 is 4.74 Å². The molecule has 0 fully saturated rings.